The third kappa shape index (κ3) is 2.57. The van der Waals surface area contributed by atoms with Crippen molar-refractivity contribution in [1.82, 2.24) is 19.7 Å². The van der Waals surface area contributed by atoms with Crippen LogP contribution in [0.1, 0.15) is 0 Å². The van der Waals surface area contributed by atoms with Crippen molar-refractivity contribution >= 4 is 5.82 Å². The van der Waals surface area contributed by atoms with Crippen molar-refractivity contribution in [3.8, 4) is 17.4 Å². The number of anilines is 1. The largest absolute Gasteiger partial charge is 0.423 e. The molecule has 0 saturated heterocycles. The van der Waals surface area contributed by atoms with Crippen molar-refractivity contribution in [3.63, 3.8) is 0 Å². The Morgan fingerprint density at radius 3 is 2.75 bits per heavy atom. The Hall–Kier alpha value is -2.93. The second kappa shape index (κ2) is 5.37. The first-order valence-electron chi connectivity index (χ1n) is 5.93. The van der Waals surface area contributed by atoms with Crippen molar-refractivity contribution in [2.24, 2.45) is 5.84 Å². The Bertz CT molecular complexity index is 697. The fourth-order valence-corrected chi connectivity index (χ4v) is 1.66. The first-order valence-corrected chi connectivity index (χ1v) is 5.93. The van der Waals surface area contributed by atoms with Crippen LogP contribution in [0, 0.1) is 0 Å². The van der Waals surface area contributed by atoms with Crippen LogP contribution in [-0.4, -0.2) is 19.7 Å². The molecule has 3 aromatic rings. The zero-order chi connectivity index (χ0) is 13.8. The standard InChI is InChI=1S/C13H12N6O/c14-17-12-8-11(6-7-15-12)20-13-16-9-19(18-13)10-4-2-1-3-5-10/h1-9H,14H2,(H,15,17). The maximum atomic E-state index is 5.54. The molecule has 2 aromatic heterocycles. The van der Waals surface area contributed by atoms with Crippen LogP contribution in [0.2, 0.25) is 0 Å². The van der Waals surface area contributed by atoms with Gasteiger partial charge in [-0.1, -0.05) is 18.2 Å². The number of nitrogens with two attached hydrogens (primary N) is 1. The molecule has 20 heavy (non-hydrogen) atoms. The van der Waals surface area contributed by atoms with E-state index in [4.69, 9.17) is 10.6 Å². The summed E-state index contributed by atoms with van der Waals surface area (Å²) in [6, 6.07) is 13.3. The predicted molar refractivity (Wildman–Crippen MR) is 73.5 cm³/mol. The lowest BCUT2D eigenvalue weighted by molar-refractivity contribution is 0.441. The normalized spacial score (nSPS) is 10.2. The molecule has 0 aliphatic heterocycles. The number of hydrogen-bond donors (Lipinski definition) is 2. The third-order valence-electron chi connectivity index (χ3n) is 2.58. The van der Waals surface area contributed by atoms with Crippen LogP contribution in [0.4, 0.5) is 5.82 Å². The molecule has 0 unspecified atom stereocenters. The molecule has 0 saturated carbocycles. The monoisotopic (exact) mass is 268 g/mol. The molecule has 0 aliphatic carbocycles. The summed E-state index contributed by atoms with van der Waals surface area (Å²) in [6.45, 7) is 0. The number of ether oxygens (including phenoxy) is 1. The third-order valence-corrected chi connectivity index (χ3v) is 2.58. The van der Waals surface area contributed by atoms with E-state index in [9.17, 15) is 0 Å². The highest BCUT2D eigenvalue weighted by Gasteiger charge is 2.05. The van der Waals surface area contributed by atoms with Gasteiger partial charge in [0.25, 0.3) is 0 Å². The number of nitrogens with one attached hydrogen (secondary N) is 1. The lowest BCUT2D eigenvalue weighted by Crippen LogP contribution is -2.08. The molecule has 0 aliphatic rings. The summed E-state index contributed by atoms with van der Waals surface area (Å²) in [5.74, 6) is 6.35. The number of hydrazine groups is 1. The van der Waals surface area contributed by atoms with Gasteiger partial charge >= 0.3 is 6.01 Å². The van der Waals surface area contributed by atoms with E-state index in [1.807, 2.05) is 30.3 Å². The van der Waals surface area contributed by atoms with Crippen molar-refractivity contribution in [1.29, 1.82) is 0 Å². The number of para-hydroxylation sites is 1. The molecule has 0 amide bonds. The lowest BCUT2D eigenvalue weighted by atomic mass is 10.3. The Kier molecular flexibility index (Phi) is 3.25. The summed E-state index contributed by atoms with van der Waals surface area (Å²) in [4.78, 5) is 8.09. The molecule has 100 valence electrons. The van der Waals surface area contributed by atoms with E-state index in [2.05, 4.69) is 20.5 Å². The first kappa shape index (κ1) is 12.1. The number of hydrogen-bond acceptors (Lipinski definition) is 6. The molecular weight excluding hydrogens is 256 g/mol. The summed E-state index contributed by atoms with van der Waals surface area (Å²) < 4.78 is 7.18. The van der Waals surface area contributed by atoms with Crippen LogP contribution in [0.5, 0.6) is 11.8 Å². The number of nitrogen functional groups attached to an aromatic ring is 1. The van der Waals surface area contributed by atoms with Gasteiger partial charge in [-0.25, -0.2) is 15.5 Å². The number of aromatic nitrogens is 4. The van der Waals surface area contributed by atoms with Crippen molar-refractivity contribution in [2.45, 2.75) is 0 Å². The zero-order valence-electron chi connectivity index (χ0n) is 10.5. The molecule has 0 spiro atoms. The van der Waals surface area contributed by atoms with Gasteiger partial charge in [-0.05, 0) is 18.2 Å². The van der Waals surface area contributed by atoms with Gasteiger partial charge in [0.1, 0.15) is 17.9 Å². The van der Waals surface area contributed by atoms with E-state index < -0.39 is 0 Å². The number of nitrogens with zero attached hydrogens (tertiary/aromatic N) is 4. The average Bonchev–Trinajstić information content (AvgIpc) is 2.97. The highest BCUT2D eigenvalue weighted by molar-refractivity contribution is 5.40. The Balaban J connectivity index is 1.80. The van der Waals surface area contributed by atoms with Gasteiger partial charge < -0.3 is 10.2 Å². The molecule has 3 N–H and O–H groups in total. The summed E-state index contributed by atoms with van der Waals surface area (Å²) in [7, 11) is 0. The maximum Gasteiger partial charge on any atom is 0.341 e. The van der Waals surface area contributed by atoms with Crippen molar-refractivity contribution < 1.29 is 4.74 Å². The maximum absolute atomic E-state index is 5.54. The van der Waals surface area contributed by atoms with Crippen LogP contribution < -0.4 is 16.0 Å². The van der Waals surface area contributed by atoms with Crippen molar-refractivity contribution in [3.05, 3.63) is 55.0 Å². The second-order valence-corrected chi connectivity index (χ2v) is 3.93. The van der Waals surface area contributed by atoms with Crippen LogP contribution in [0.15, 0.2) is 55.0 Å². The van der Waals surface area contributed by atoms with Gasteiger partial charge in [0, 0.05) is 12.3 Å². The Morgan fingerprint density at radius 1 is 1.10 bits per heavy atom. The lowest BCUT2D eigenvalue weighted by Gasteiger charge is -2.03. The molecule has 7 nitrogen and oxygen atoms in total. The topological polar surface area (TPSA) is 90.9 Å². The molecule has 0 radical (unpaired) electrons. The Labute approximate surface area is 115 Å². The summed E-state index contributed by atoms with van der Waals surface area (Å²) in [5, 5.41) is 4.24. The highest BCUT2D eigenvalue weighted by atomic mass is 16.5. The van der Waals surface area contributed by atoms with E-state index in [0.717, 1.165) is 5.69 Å². The molecule has 7 heteroatoms. The summed E-state index contributed by atoms with van der Waals surface area (Å²) in [6.07, 6.45) is 3.17. The minimum atomic E-state index is 0.253. The molecule has 2 heterocycles. The van der Waals surface area contributed by atoms with E-state index >= 15 is 0 Å². The first-order chi connectivity index (χ1) is 9.85. The van der Waals surface area contributed by atoms with E-state index in [0.29, 0.717) is 11.6 Å². The fraction of sp³-hybridized carbons (Fsp3) is 0. The van der Waals surface area contributed by atoms with Crippen molar-refractivity contribution in [2.75, 3.05) is 5.43 Å². The number of pyridine rings is 1. The van der Waals surface area contributed by atoms with Gasteiger partial charge in [-0.2, -0.15) is 4.98 Å². The van der Waals surface area contributed by atoms with E-state index in [-0.39, 0.29) is 6.01 Å². The SMILES string of the molecule is NNc1cc(Oc2ncn(-c3ccccc3)n2)ccn1. The predicted octanol–water partition coefficient (Wildman–Crippen LogP) is 1.74. The minimum Gasteiger partial charge on any atom is -0.423 e. The fourth-order valence-electron chi connectivity index (χ4n) is 1.66. The van der Waals surface area contributed by atoms with Gasteiger partial charge in [-0.15, -0.1) is 5.10 Å². The second-order valence-electron chi connectivity index (χ2n) is 3.93. The van der Waals surface area contributed by atoms with Gasteiger partial charge in [0.05, 0.1) is 5.69 Å². The number of rotatable bonds is 4. The van der Waals surface area contributed by atoms with Crippen LogP contribution in [0.25, 0.3) is 5.69 Å². The zero-order valence-corrected chi connectivity index (χ0v) is 10.5. The molecular formula is C13H12N6O. The van der Waals surface area contributed by atoms with Crippen LogP contribution in [-0.2, 0) is 0 Å². The highest BCUT2D eigenvalue weighted by Crippen LogP contribution is 2.19. The summed E-state index contributed by atoms with van der Waals surface area (Å²) in [5.41, 5.74) is 3.36. The van der Waals surface area contributed by atoms with Gasteiger partial charge in [0.2, 0.25) is 0 Å². The van der Waals surface area contributed by atoms with E-state index in [1.165, 1.54) is 0 Å². The van der Waals surface area contributed by atoms with Gasteiger partial charge in [0.15, 0.2) is 0 Å². The smallest absolute Gasteiger partial charge is 0.341 e. The van der Waals surface area contributed by atoms with Crippen LogP contribution in [0.3, 0.4) is 0 Å². The molecule has 0 fully saturated rings. The summed E-state index contributed by atoms with van der Waals surface area (Å²) >= 11 is 0. The minimum absolute atomic E-state index is 0.253. The quantitative estimate of drug-likeness (QED) is 0.553. The van der Waals surface area contributed by atoms with Crippen LogP contribution >= 0.6 is 0 Å². The van der Waals surface area contributed by atoms with E-state index in [1.54, 1.807) is 29.3 Å². The Morgan fingerprint density at radius 2 is 1.95 bits per heavy atom. The molecule has 0 atom stereocenters. The molecule has 0 bridgehead atoms. The number of benzene rings is 1. The molecule has 3 rings (SSSR count). The molecule has 1 aromatic carbocycles. The average molecular weight is 268 g/mol. The van der Waals surface area contributed by atoms with Gasteiger partial charge in [-0.3, -0.25) is 0 Å².